The average molecular weight is 477 g/mol. The molecule has 4 aromatic rings. The van der Waals surface area contributed by atoms with Gasteiger partial charge >= 0.3 is 0 Å². The summed E-state index contributed by atoms with van der Waals surface area (Å²) in [5.41, 5.74) is 0.826. The fraction of sp³-hybridized carbons (Fsp3) is 0.125. The van der Waals surface area contributed by atoms with Crippen LogP contribution in [0.5, 0.6) is 0 Å². The zero-order chi connectivity index (χ0) is 24.4. The Morgan fingerprint density at radius 1 is 1.15 bits per heavy atom. The maximum absolute atomic E-state index is 13.0. The van der Waals surface area contributed by atoms with Gasteiger partial charge < -0.3 is 10.3 Å². The molecule has 0 fully saturated rings. The highest BCUT2D eigenvalue weighted by Crippen LogP contribution is 2.26. The Kier molecular flexibility index (Phi) is 6.40. The van der Waals surface area contributed by atoms with E-state index in [9.17, 15) is 14.4 Å². The normalized spacial score (nSPS) is 11.8. The lowest BCUT2D eigenvalue weighted by atomic mass is 10.1. The van der Waals surface area contributed by atoms with Crippen molar-refractivity contribution >= 4 is 40.1 Å². The maximum atomic E-state index is 13.0. The van der Waals surface area contributed by atoms with Gasteiger partial charge in [-0.3, -0.25) is 19.4 Å². The number of nitrogens with one attached hydrogen (secondary N) is 2. The van der Waals surface area contributed by atoms with Gasteiger partial charge in [0.15, 0.2) is 0 Å². The second-order valence-electron chi connectivity index (χ2n) is 7.68. The quantitative estimate of drug-likeness (QED) is 0.229. The van der Waals surface area contributed by atoms with E-state index in [0.29, 0.717) is 16.9 Å². The number of carbonyl (C=O) groups is 2. The fourth-order valence-electron chi connectivity index (χ4n) is 3.41. The molecule has 2 aromatic carbocycles. The lowest BCUT2D eigenvalue weighted by molar-refractivity contribution is 0.0690. The topological polar surface area (TPSA) is 134 Å². The van der Waals surface area contributed by atoms with Crippen LogP contribution in [0.3, 0.4) is 0 Å². The van der Waals surface area contributed by atoms with Gasteiger partial charge in [-0.05, 0) is 43.7 Å². The second-order valence-corrected chi connectivity index (χ2v) is 8.09. The highest BCUT2D eigenvalue weighted by atomic mass is 35.5. The van der Waals surface area contributed by atoms with E-state index >= 15 is 0 Å². The van der Waals surface area contributed by atoms with E-state index in [1.165, 1.54) is 30.5 Å². The lowest BCUT2D eigenvalue weighted by Crippen LogP contribution is -2.39. The molecule has 0 aliphatic heterocycles. The van der Waals surface area contributed by atoms with Crippen LogP contribution in [-0.2, 0) is 0 Å². The number of nitrogens with two attached hydrogens (primary N) is 1. The Balaban J connectivity index is 1.59. The molecule has 9 nitrogen and oxygen atoms in total. The molecule has 4 N–H and O–H groups in total. The predicted molar refractivity (Wildman–Crippen MR) is 130 cm³/mol. The van der Waals surface area contributed by atoms with Gasteiger partial charge in [-0.15, -0.1) is 0 Å². The van der Waals surface area contributed by atoms with Crippen LogP contribution in [0.4, 0.5) is 5.69 Å². The fourth-order valence-corrected chi connectivity index (χ4v) is 3.58. The summed E-state index contributed by atoms with van der Waals surface area (Å²) in [4.78, 5) is 49.1. The smallest absolute Gasteiger partial charge is 0.268 e. The summed E-state index contributed by atoms with van der Waals surface area (Å²) >= 11 is 6.25. The summed E-state index contributed by atoms with van der Waals surface area (Å²) in [6.45, 7) is 3.50. The van der Waals surface area contributed by atoms with E-state index in [1.54, 1.807) is 6.92 Å². The Labute approximate surface area is 199 Å². The number of aryl methyl sites for hydroxylation is 1. The number of hydrogen-bond donors (Lipinski definition) is 3. The second kappa shape index (κ2) is 9.42. The van der Waals surface area contributed by atoms with Crippen molar-refractivity contribution in [1.82, 2.24) is 20.0 Å². The van der Waals surface area contributed by atoms with Crippen molar-refractivity contribution in [2.24, 2.45) is 5.84 Å². The Morgan fingerprint density at radius 3 is 2.62 bits per heavy atom. The summed E-state index contributed by atoms with van der Waals surface area (Å²) in [5.74, 6) is 5.43. The molecule has 2 aromatic heterocycles. The summed E-state index contributed by atoms with van der Waals surface area (Å²) in [5, 5.41) is 4.40. The molecule has 10 heteroatoms. The molecule has 172 valence electrons. The predicted octanol–water partition coefficient (Wildman–Crippen LogP) is 3.61. The van der Waals surface area contributed by atoms with Crippen molar-refractivity contribution in [2.45, 2.75) is 19.9 Å². The number of carbonyl (C=O) groups excluding carboxylic acids is 2. The number of halogens is 1. The van der Waals surface area contributed by atoms with Crippen LogP contribution in [-0.4, -0.2) is 31.8 Å². The summed E-state index contributed by atoms with van der Waals surface area (Å²) in [6, 6.07) is 14.8. The molecule has 0 aliphatic carbocycles. The van der Waals surface area contributed by atoms with Crippen molar-refractivity contribution in [2.75, 3.05) is 5.32 Å². The first-order chi connectivity index (χ1) is 16.2. The maximum Gasteiger partial charge on any atom is 0.268 e. The van der Waals surface area contributed by atoms with Crippen molar-refractivity contribution in [3.63, 3.8) is 0 Å². The molecule has 0 saturated carbocycles. The van der Waals surface area contributed by atoms with E-state index in [2.05, 4.69) is 20.3 Å². The van der Waals surface area contributed by atoms with Crippen LogP contribution < -0.4 is 16.7 Å². The molecule has 1 atom stereocenters. The highest BCUT2D eigenvalue weighted by Gasteiger charge is 2.21. The number of fused-ring (bicyclic) bond motifs is 1. The van der Waals surface area contributed by atoms with Gasteiger partial charge in [-0.2, -0.15) is 0 Å². The van der Waals surface area contributed by atoms with Gasteiger partial charge in [0.2, 0.25) is 0 Å². The van der Waals surface area contributed by atoms with Crippen LogP contribution in [0, 0.1) is 6.92 Å². The van der Waals surface area contributed by atoms with Gasteiger partial charge in [0.1, 0.15) is 17.0 Å². The number of rotatable bonds is 5. The highest BCUT2D eigenvalue weighted by molar-refractivity contribution is 6.34. The number of benzene rings is 2. The zero-order valence-electron chi connectivity index (χ0n) is 18.4. The molecule has 2 heterocycles. The molecule has 1 unspecified atom stereocenters. The van der Waals surface area contributed by atoms with Crippen molar-refractivity contribution < 1.29 is 9.59 Å². The van der Waals surface area contributed by atoms with Crippen LogP contribution in [0.15, 0.2) is 65.6 Å². The summed E-state index contributed by atoms with van der Waals surface area (Å²) < 4.78 is 0. The van der Waals surface area contributed by atoms with Gasteiger partial charge in [0.05, 0.1) is 16.8 Å². The first-order valence-corrected chi connectivity index (χ1v) is 10.7. The third-order valence-electron chi connectivity index (χ3n) is 5.35. The number of aromatic nitrogens is 3. The largest absolute Gasteiger partial charge is 0.320 e. The SMILES string of the molecule is Cc1ncc2cc(C(=O)Nc3cc(C(=O)N(N)C(C)c4ccccc4)ccc3Cl)c(=O)[nH]c2n1. The van der Waals surface area contributed by atoms with Gasteiger partial charge in [-0.1, -0.05) is 41.9 Å². The molecule has 0 radical (unpaired) electrons. The molecule has 0 spiro atoms. The van der Waals surface area contributed by atoms with Gasteiger partial charge in [-0.25, -0.2) is 15.8 Å². The Hall–Kier alpha value is -4.08. The lowest BCUT2D eigenvalue weighted by Gasteiger charge is -2.25. The third-order valence-corrected chi connectivity index (χ3v) is 5.68. The van der Waals surface area contributed by atoms with Crippen LogP contribution in [0.1, 0.15) is 45.1 Å². The number of H-pyrrole nitrogens is 1. The molecule has 0 bridgehead atoms. The van der Waals surface area contributed by atoms with Crippen LogP contribution in [0.2, 0.25) is 5.02 Å². The van der Waals surface area contributed by atoms with Gasteiger partial charge in [0, 0.05) is 17.1 Å². The molecular formula is C24H21ClN6O3. The van der Waals surface area contributed by atoms with E-state index in [4.69, 9.17) is 17.4 Å². The molecule has 4 rings (SSSR count). The summed E-state index contributed by atoms with van der Waals surface area (Å²) in [7, 11) is 0. The first kappa shape index (κ1) is 23.1. The van der Waals surface area contributed by atoms with E-state index < -0.39 is 17.4 Å². The van der Waals surface area contributed by atoms with Crippen LogP contribution >= 0.6 is 11.6 Å². The zero-order valence-corrected chi connectivity index (χ0v) is 19.1. The molecule has 0 saturated heterocycles. The molecule has 0 aliphatic rings. The number of aromatic amines is 1. The van der Waals surface area contributed by atoms with E-state index in [-0.39, 0.29) is 27.9 Å². The minimum Gasteiger partial charge on any atom is -0.320 e. The van der Waals surface area contributed by atoms with Crippen molar-refractivity contribution in [1.29, 1.82) is 0 Å². The average Bonchev–Trinajstić information content (AvgIpc) is 2.84. The van der Waals surface area contributed by atoms with E-state index in [0.717, 1.165) is 10.6 Å². The minimum absolute atomic E-state index is 0.147. The number of hydrogen-bond acceptors (Lipinski definition) is 6. The number of nitrogens with zero attached hydrogens (tertiary/aromatic N) is 3. The molecule has 34 heavy (non-hydrogen) atoms. The number of hydrazine groups is 1. The number of pyridine rings is 1. The van der Waals surface area contributed by atoms with Crippen molar-refractivity contribution in [3.8, 4) is 0 Å². The summed E-state index contributed by atoms with van der Waals surface area (Å²) in [6.07, 6.45) is 1.51. The molecule has 2 amide bonds. The standard InChI is InChI=1S/C24H21ClN6O3/c1-13(15-6-4-3-5-7-15)31(26)24(34)16-8-9-19(25)20(11-16)29-22(32)18-10-17-12-27-14(2)28-21(17)30-23(18)33/h3-13H,26H2,1-2H3,(H,29,32)(H,27,28,30,33). The minimum atomic E-state index is -0.697. The third kappa shape index (κ3) is 4.66. The Bertz CT molecular complexity index is 1450. The van der Waals surface area contributed by atoms with E-state index in [1.807, 2.05) is 37.3 Å². The molecular weight excluding hydrogens is 456 g/mol. The van der Waals surface area contributed by atoms with Crippen molar-refractivity contribution in [3.05, 3.63) is 98.7 Å². The first-order valence-electron chi connectivity index (χ1n) is 10.4. The van der Waals surface area contributed by atoms with Gasteiger partial charge in [0.25, 0.3) is 17.4 Å². The monoisotopic (exact) mass is 476 g/mol. The number of anilines is 1. The van der Waals surface area contributed by atoms with Crippen LogP contribution in [0.25, 0.3) is 11.0 Å². The number of amides is 2. The Morgan fingerprint density at radius 2 is 1.88 bits per heavy atom.